The van der Waals surface area contributed by atoms with Gasteiger partial charge >= 0.3 is 5.69 Å². The van der Waals surface area contributed by atoms with Gasteiger partial charge in [0.25, 0.3) is 5.56 Å². The first-order valence-corrected chi connectivity index (χ1v) is 6.43. The fraction of sp³-hybridized carbons (Fsp3) is 0.750. The van der Waals surface area contributed by atoms with E-state index in [1.54, 1.807) is 7.05 Å². The van der Waals surface area contributed by atoms with Gasteiger partial charge in [-0.1, -0.05) is 19.8 Å². The van der Waals surface area contributed by atoms with Crippen molar-refractivity contribution in [3.8, 4) is 0 Å². The van der Waals surface area contributed by atoms with Crippen molar-refractivity contribution < 1.29 is 0 Å². The standard InChI is InChI=1S/C12H20N4O2/c1-4-9(7-8-5-6-8)13-10-11(17)15(2)12(18)16(3)14-10/h8-9H,4-7H2,1-3H3,(H,13,14). The lowest BCUT2D eigenvalue weighted by Gasteiger charge is -2.17. The number of hydrogen-bond donors (Lipinski definition) is 1. The zero-order chi connectivity index (χ0) is 13.3. The van der Waals surface area contributed by atoms with Crippen LogP contribution in [0, 0.1) is 5.92 Å². The van der Waals surface area contributed by atoms with Crippen molar-refractivity contribution in [2.75, 3.05) is 5.32 Å². The molecule has 1 fully saturated rings. The molecule has 0 spiro atoms. The molecule has 0 aliphatic heterocycles. The Labute approximate surface area is 106 Å². The molecule has 0 bridgehead atoms. The third-order valence-corrected chi connectivity index (χ3v) is 3.47. The maximum Gasteiger partial charge on any atom is 0.346 e. The molecule has 0 aromatic carbocycles. The highest BCUT2D eigenvalue weighted by Gasteiger charge is 2.25. The first kappa shape index (κ1) is 12.9. The molecular formula is C12H20N4O2. The molecule has 1 aliphatic rings. The van der Waals surface area contributed by atoms with E-state index in [1.807, 2.05) is 0 Å². The Morgan fingerprint density at radius 1 is 1.39 bits per heavy atom. The second-order valence-corrected chi connectivity index (χ2v) is 5.05. The minimum absolute atomic E-state index is 0.259. The van der Waals surface area contributed by atoms with Crippen LogP contribution in [0.1, 0.15) is 32.6 Å². The van der Waals surface area contributed by atoms with Crippen molar-refractivity contribution in [1.82, 2.24) is 14.3 Å². The molecule has 2 rings (SSSR count). The highest BCUT2D eigenvalue weighted by atomic mass is 16.2. The predicted octanol–water partition coefficient (Wildman–Crippen LogP) is 0.470. The average Bonchev–Trinajstić information content (AvgIpc) is 3.16. The summed E-state index contributed by atoms with van der Waals surface area (Å²) in [4.78, 5) is 23.4. The van der Waals surface area contributed by atoms with E-state index in [-0.39, 0.29) is 17.4 Å². The first-order chi connectivity index (χ1) is 8.52. The van der Waals surface area contributed by atoms with Gasteiger partial charge in [0.15, 0.2) is 0 Å². The molecule has 1 atom stereocenters. The number of nitrogens with zero attached hydrogens (tertiary/aromatic N) is 3. The molecular weight excluding hydrogens is 232 g/mol. The molecule has 1 aromatic rings. The maximum absolute atomic E-state index is 11.9. The monoisotopic (exact) mass is 252 g/mol. The van der Waals surface area contributed by atoms with Crippen LogP contribution in [-0.2, 0) is 14.1 Å². The maximum atomic E-state index is 11.9. The molecule has 1 heterocycles. The van der Waals surface area contributed by atoms with Crippen LogP contribution in [0.5, 0.6) is 0 Å². The highest BCUT2D eigenvalue weighted by Crippen LogP contribution is 2.34. The summed E-state index contributed by atoms with van der Waals surface area (Å²) in [5.74, 6) is 1.06. The quantitative estimate of drug-likeness (QED) is 0.827. The van der Waals surface area contributed by atoms with Crippen LogP contribution in [-0.4, -0.2) is 20.4 Å². The fourth-order valence-electron chi connectivity index (χ4n) is 2.07. The summed E-state index contributed by atoms with van der Waals surface area (Å²) in [6, 6.07) is 0.259. The smallest absolute Gasteiger partial charge is 0.346 e. The van der Waals surface area contributed by atoms with E-state index in [0.29, 0.717) is 0 Å². The van der Waals surface area contributed by atoms with Crippen LogP contribution < -0.4 is 16.6 Å². The summed E-state index contributed by atoms with van der Waals surface area (Å²) in [5, 5.41) is 7.18. The Morgan fingerprint density at radius 3 is 2.61 bits per heavy atom. The molecule has 1 unspecified atom stereocenters. The van der Waals surface area contributed by atoms with Crippen LogP contribution in [0.2, 0.25) is 0 Å². The van der Waals surface area contributed by atoms with Crippen molar-refractivity contribution in [2.45, 2.75) is 38.6 Å². The molecule has 0 saturated heterocycles. The largest absolute Gasteiger partial charge is 0.361 e. The van der Waals surface area contributed by atoms with Crippen LogP contribution in [0.25, 0.3) is 0 Å². The van der Waals surface area contributed by atoms with Gasteiger partial charge < -0.3 is 5.32 Å². The van der Waals surface area contributed by atoms with E-state index in [2.05, 4.69) is 17.3 Å². The first-order valence-electron chi connectivity index (χ1n) is 6.43. The minimum Gasteiger partial charge on any atom is -0.361 e. The summed E-state index contributed by atoms with van der Waals surface area (Å²) in [7, 11) is 3.02. The number of aromatic nitrogens is 3. The van der Waals surface area contributed by atoms with Gasteiger partial charge in [0.2, 0.25) is 5.82 Å². The van der Waals surface area contributed by atoms with E-state index in [4.69, 9.17) is 0 Å². The summed E-state index contributed by atoms with van der Waals surface area (Å²) < 4.78 is 2.27. The van der Waals surface area contributed by atoms with E-state index in [0.717, 1.165) is 23.3 Å². The average molecular weight is 252 g/mol. The van der Waals surface area contributed by atoms with E-state index in [9.17, 15) is 9.59 Å². The third kappa shape index (κ3) is 2.63. The number of nitrogens with one attached hydrogen (secondary N) is 1. The Kier molecular flexibility index (Phi) is 3.54. The summed E-state index contributed by atoms with van der Waals surface area (Å²) in [6.07, 6.45) is 4.60. The normalized spacial score (nSPS) is 16.6. The molecule has 18 heavy (non-hydrogen) atoms. The van der Waals surface area contributed by atoms with E-state index < -0.39 is 5.69 Å². The predicted molar refractivity (Wildman–Crippen MR) is 69.8 cm³/mol. The lowest BCUT2D eigenvalue weighted by Crippen LogP contribution is -2.41. The number of rotatable bonds is 5. The van der Waals surface area contributed by atoms with Gasteiger partial charge in [-0.25, -0.2) is 9.48 Å². The van der Waals surface area contributed by atoms with Crippen molar-refractivity contribution in [3.05, 3.63) is 20.8 Å². The molecule has 1 aromatic heterocycles. The van der Waals surface area contributed by atoms with Gasteiger partial charge in [0.1, 0.15) is 0 Å². The Balaban J connectivity index is 2.22. The van der Waals surface area contributed by atoms with Crippen molar-refractivity contribution in [2.24, 2.45) is 20.0 Å². The van der Waals surface area contributed by atoms with E-state index in [1.165, 1.54) is 24.6 Å². The Morgan fingerprint density at radius 2 is 2.06 bits per heavy atom. The fourth-order valence-corrected chi connectivity index (χ4v) is 2.07. The van der Waals surface area contributed by atoms with Gasteiger partial charge in [-0.15, -0.1) is 5.10 Å². The molecule has 6 nitrogen and oxygen atoms in total. The second-order valence-electron chi connectivity index (χ2n) is 5.05. The van der Waals surface area contributed by atoms with Crippen molar-refractivity contribution in [3.63, 3.8) is 0 Å². The van der Waals surface area contributed by atoms with Crippen LogP contribution in [0.3, 0.4) is 0 Å². The van der Waals surface area contributed by atoms with Crippen LogP contribution >= 0.6 is 0 Å². The number of anilines is 1. The minimum atomic E-state index is -0.402. The Hall–Kier alpha value is -1.59. The topological polar surface area (TPSA) is 68.9 Å². The summed E-state index contributed by atoms with van der Waals surface area (Å²) in [5.41, 5.74) is -0.756. The number of aryl methyl sites for hydroxylation is 1. The summed E-state index contributed by atoms with van der Waals surface area (Å²) in [6.45, 7) is 2.09. The van der Waals surface area contributed by atoms with Crippen molar-refractivity contribution in [1.29, 1.82) is 0 Å². The Bertz CT molecular complexity index is 542. The third-order valence-electron chi connectivity index (χ3n) is 3.47. The molecule has 6 heteroatoms. The number of hydrogen-bond acceptors (Lipinski definition) is 4. The molecule has 100 valence electrons. The van der Waals surface area contributed by atoms with E-state index >= 15 is 0 Å². The van der Waals surface area contributed by atoms with Gasteiger partial charge in [-0.3, -0.25) is 9.36 Å². The van der Waals surface area contributed by atoms with Crippen LogP contribution in [0.15, 0.2) is 9.59 Å². The highest BCUT2D eigenvalue weighted by molar-refractivity contribution is 5.31. The van der Waals surface area contributed by atoms with Gasteiger partial charge in [0, 0.05) is 20.1 Å². The lowest BCUT2D eigenvalue weighted by molar-refractivity contribution is 0.563. The molecule has 0 amide bonds. The summed E-state index contributed by atoms with van der Waals surface area (Å²) >= 11 is 0. The molecule has 1 aliphatic carbocycles. The lowest BCUT2D eigenvalue weighted by atomic mass is 10.1. The molecule has 1 saturated carbocycles. The SMILES string of the molecule is CCC(CC1CC1)Nc1nn(C)c(=O)n(C)c1=O. The van der Waals surface area contributed by atoms with Crippen molar-refractivity contribution >= 4 is 5.82 Å². The van der Waals surface area contributed by atoms with Crippen LogP contribution in [0.4, 0.5) is 5.82 Å². The van der Waals surface area contributed by atoms with Gasteiger partial charge in [-0.2, -0.15) is 0 Å². The van der Waals surface area contributed by atoms with Gasteiger partial charge in [0.05, 0.1) is 0 Å². The molecule has 0 radical (unpaired) electrons. The zero-order valence-corrected chi connectivity index (χ0v) is 11.1. The zero-order valence-electron chi connectivity index (χ0n) is 11.1. The second kappa shape index (κ2) is 4.96. The van der Waals surface area contributed by atoms with Gasteiger partial charge in [-0.05, 0) is 18.8 Å². The molecule has 1 N–H and O–H groups in total.